The minimum atomic E-state index is -0.153. The maximum atomic E-state index is 9.34. The predicted molar refractivity (Wildman–Crippen MR) is 59.0 cm³/mol. The van der Waals surface area contributed by atoms with Crippen molar-refractivity contribution < 1.29 is 14.9 Å². The molecule has 0 aliphatic heterocycles. The van der Waals surface area contributed by atoms with Crippen LogP contribution in [0.1, 0.15) is 12.0 Å². The number of hydrogen-bond acceptors (Lipinski definition) is 4. The highest BCUT2D eigenvalue weighted by Crippen LogP contribution is 2.21. The van der Waals surface area contributed by atoms with Crippen LogP contribution in [0.4, 0.5) is 5.69 Å². The van der Waals surface area contributed by atoms with Crippen molar-refractivity contribution in [1.82, 2.24) is 0 Å². The van der Waals surface area contributed by atoms with Gasteiger partial charge in [0, 0.05) is 31.5 Å². The fraction of sp³-hybridized carbons (Fsp3) is 0.455. The van der Waals surface area contributed by atoms with Crippen LogP contribution in [0.15, 0.2) is 18.2 Å². The number of methoxy groups -OCH3 is 1. The third-order valence-electron chi connectivity index (χ3n) is 2.10. The highest BCUT2D eigenvalue weighted by Gasteiger charge is 2.00. The third kappa shape index (κ3) is 3.77. The summed E-state index contributed by atoms with van der Waals surface area (Å²) >= 11 is 0. The zero-order valence-electron chi connectivity index (χ0n) is 8.86. The van der Waals surface area contributed by atoms with Gasteiger partial charge in [-0.25, -0.2) is 0 Å². The first-order chi connectivity index (χ1) is 7.27. The van der Waals surface area contributed by atoms with E-state index in [2.05, 4.69) is 5.32 Å². The minimum Gasteiger partial charge on any atom is -0.508 e. The SMILES string of the molecule is COCCCNc1ccc(O)c(CO)c1. The van der Waals surface area contributed by atoms with E-state index in [4.69, 9.17) is 9.84 Å². The molecular weight excluding hydrogens is 194 g/mol. The van der Waals surface area contributed by atoms with E-state index in [9.17, 15) is 5.11 Å². The summed E-state index contributed by atoms with van der Waals surface area (Å²) in [4.78, 5) is 0. The Morgan fingerprint density at radius 1 is 1.40 bits per heavy atom. The van der Waals surface area contributed by atoms with E-state index in [1.165, 1.54) is 0 Å². The molecule has 0 aromatic heterocycles. The van der Waals surface area contributed by atoms with Crippen molar-refractivity contribution >= 4 is 5.69 Å². The Labute approximate surface area is 89.5 Å². The average molecular weight is 211 g/mol. The van der Waals surface area contributed by atoms with Crippen molar-refractivity contribution in [2.45, 2.75) is 13.0 Å². The van der Waals surface area contributed by atoms with Gasteiger partial charge in [-0.05, 0) is 24.6 Å². The molecule has 4 heteroatoms. The van der Waals surface area contributed by atoms with E-state index in [0.717, 1.165) is 25.3 Å². The van der Waals surface area contributed by atoms with Crippen molar-refractivity contribution in [2.24, 2.45) is 0 Å². The van der Waals surface area contributed by atoms with Crippen molar-refractivity contribution in [3.8, 4) is 5.75 Å². The van der Waals surface area contributed by atoms with Crippen molar-refractivity contribution in [3.63, 3.8) is 0 Å². The Morgan fingerprint density at radius 3 is 2.87 bits per heavy atom. The molecule has 4 nitrogen and oxygen atoms in total. The van der Waals surface area contributed by atoms with Crippen LogP contribution in [0.3, 0.4) is 0 Å². The van der Waals surface area contributed by atoms with Crippen LogP contribution in [0.5, 0.6) is 5.75 Å². The molecule has 84 valence electrons. The van der Waals surface area contributed by atoms with E-state index < -0.39 is 0 Å². The highest BCUT2D eigenvalue weighted by molar-refractivity contribution is 5.50. The zero-order valence-corrected chi connectivity index (χ0v) is 8.86. The van der Waals surface area contributed by atoms with E-state index in [-0.39, 0.29) is 12.4 Å². The molecule has 15 heavy (non-hydrogen) atoms. The molecule has 0 saturated carbocycles. The van der Waals surface area contributed by atoms with Gasteiger partial charge in [0.1, 0.15) is 5.75 Å². The monoisotopic (exact) mass is 211 g/mol. The summed E-state index contributed by atoms with van der Waals surface area (Å²) in [5.41, 5.74) is 1.43. The van der Waals surface area contributed by atoms with Gasteiger partial charge in [-0.2, -0.15) is 0 Å². The molecule has 0 unspecified atom stereocenters. The second kappa shape index (κ2) is 6.27. The normalized spacial score (nSPS) is 10.3. The Kier molecular flexibility index (Phi) is 4.93. The summed E-state index contributed by atoms with van der Waals surface area (Å²) in [7, 11) is 1.67. The Bertz CT molecular complexity index is 302. The summed E-state index contributed by atoms with van der Waals surface area (Å²) < 4.78 is 4.92. The molecule has 0 heterocycles. The van der Waals surface area contributed by atoms with Crippen molar-refractivity contribution in [3.05, 3.63) is 23.8 Å². The van der Waals surface area contributed by atoms with Crippen molar-refractivity contribution in [2.75, 3.05) is 25.6 Å². The topological polar surface area (TPSA) is 61.7 Å². The standard InChI is InChI=1S/C11H17NO3/c1-15-6-2-5-12-10-3-4-11(14)9(7-10)8-13/h3-4,7,12-14H,2,5-6,8H2,1H3. The first kappa shape index (κ1) is 11.8. The molecule has 0 spiro atoms. The van der Waals surface area contributed by atoms with E-state index >= 15 is 0 Å². The number of aliphatic hydroxyl groups excluding tert-OH is 1. The van der Waals surface area contributed by atoms with Crippen LogP contribution in [-0.2, 0) is 11.3 Å². The van der Waals surface area contributed by atoms with Gasteiger partial charge < -0.3 is 20.3 Å². The number of benzene rings is 1. The maximum Gasteiger partial charge on any atom is 0.121 e. The van der Waals surface area contributed by atoms with Crippen LogP contribution < -0.4 is 5.32 Å². The largest absolute Gasteiger partial charge is 0.508 e. The molecule has 1 aromatic carbocycles. The number of anilines is 1. The lowest BCUT2D eigenvalue weighted by Crippen LogP contribution is -2.04. The highest BCUT2D eigenvalue weighted by atomic mass is 16.5. The zero-order chi connectivity index (χ0) is 11.1. The van der Waals surface area contributed by atoms with Crippen LogP contribution in [-0.4, -0.2) is 30.5 Å². The molecule has 0 fully saturated rings. The molecule has 0 amide bonds. The molecule has 1 aromatic rings. The lowest BCUT2D eigenvalue weighted by Gasteiger charge is -2.08. The molecular formula is C11H17NO3. The van der Waals surface area contributed by atoms with Gasteiger partial charge in [-0.1, -0.05) is 0 Å². The smallest absolute Gasteiger partial charge is 0.121 e. The fourth-order valence-corrected chi connectivity index (χ4v) is 1.27. The average Bonchev–Trinajstić information content (AvgIpc) is 2.26. The molecule has 0 saturated heterocycles. The Hall–Kier alpha value is -1.26. The van der Waals surface area contributed by atoms with Gasteiger partial charge in [-0.15, -0.1) is 0 Å². The summed E-state index contributed by atoms with van der Waals surface area (Å²) in [5.74, 6) is 0.125. The van der Waals surface area contributed by atoms with E-state index in [1.54, 1.807) is 25.3 Å². The van der Waals surface area contributed by atoms with Crippen LogP contribution in [0, 0.1) is 0 Å². The Balaban J connectivity index is 2.47. The molecule has 0 atom stereocenters. The summed E-state index contributed by atoms with van der Waals surface area (Å²) in [6.07, 6.45) is 0.922. The number of phenols is 1. The van der Waals surface area contributed by atoms with E-state index in [1.807, 2.05) is 0 Å². The molecule has 0 radical (unpaired) electrons. The van der Waals surface area contributed by atoms with Gasteiger partial charge in [0.25, 0.3) is 0 Å². The summed E-state index contributed by atoms with van der Waals surface area (Å²) in [6.45, 7) is 1.38. The van der Waals surface area contributed by atoms with E-state index in [0.29, 0.717) is 5.56 Å². The summed E-state index contributed by atoms with van der Waals surface area (Å²) in [6, 6.07) is 5.09. The fourth-order valence-electron chi connectivity index (χ4n) is 1.27. The summed E-state index contributed by atoms with van der Waals surface area (Å²) in [5, 5.41) is 21.5. The lowest BCUT2D eigenvalue weighted by molar-refractivity contribution is 0.198. The lowest BCUT2D eigenvalue weighted by atomic mass is 10.2. The van der Waals surface area contributed by atoms with Gasteiger partial charge in [-0.3, -0.25) is 0 Å². The second-order valence-corrected chi connectivity index (χ2v) is 3.27. The van der Waals surface area contributed by atoms with Crippen LogP contribution >= 0.6 is 0 Å². The first-order valence-electron chi connectivity index (χ1n) is 4.93. The van der Waals surface area contributed by atoms with Gasteiger partial charge in [0.2, 0.25) is 0 Å². The van der Waals surface area contributed by atoms with Crippen molar-refractivity contribution in [1.29, 1.82) is 0 Å². The third-order valence-corrected chi connectivity index (χ3v) is 2.10. The Morgan fingerprint density at radius 2 is 2.20 bits per heavy atom. The number of nitrogens with one attached hydrogen (secondary N) is 1. The molecule has 3 N–H and O–H groups in total. The first-order valence-corrected chi connectivity index (χ1v) is 4.93. The number of aliphatic hydroxyl groups is 1. The molecule has 1 rings (SSSR count). The predicted octanol–water partition coefficient (Wildman–Crippen LogP) is 1.33. The number of aromatic hydroxyl groups is 1. The quantitative estimate of drug-likeness (QED) is 0.491. The molecule has 0 aliphatic rings. The molecule has 0 bridgehead atoms. The number of hydrogen-bond donors (Lipinski definition) is 3. The van der Waals surface area contributed by atoms with Crippen LogP contribution in [0.2, 0.25) is 0 Å². The number of ether oxygens (including phenoxy) is 1. The number of rotatable bonds is 6. The van der Waals surface area contributed by atoms with Gasteiger partial charge in [0.05, 0.1) is 6.61 Å². The van der Waals surface area contributed by atoms with Gasteiger partial charge in [0.15, 0.2) is 0 Å². The second-order valence-electron chi connectivity index (χ2n) is 3.27. The van der Waals surface area contributed by atoms with Crippen LogP contribution in [0.25, 0.3) is 0 Å². The molecule has 0 aliphatic carbocycles. The minimum absolute atomic E-state index is 0.125. The van der Waals surface area contributed by atoms with Gasteiger partial charge >= 0.3 is 0 Å². The maximum absolute atomic E-state index is 9.34.